The number of hydrogen-bond acceptors (Lipinski definition) is 3. The second-order valence-electron chi connectivity index (χ2n) is 7.84. The topological polar surface area (TPSA) is 38.7 Å². The van der Waals surface area contributed by atoms with Gasteiger partial charge in [-0.05, 0) is 69.1 Å². The Morgan fingerprint density at radius 1 is 1.22 bits per heavy atom. The van der Waals surface area contributed by atoms with Gasteiger partial charge in [-0.25, -0.2) is 0 Å². The molecule has 0 aromatic heterocycles. The third kappa shape index (κ3) is 3.25. The van der Waals surface area contributed by atoms with E-state index in [1.165, 1.54) is 30.4 Å². The Morgan fingerprint density at radius 3 is 2.70 bits per heavy atom. The molecule has 1 aliphatic carbocycles. The van der Waals surface area contributed by atoms with Gasteiger partial charge < -0.3 is 14.6 Å². The van der Waals surface area contributed by atoms with E-state index >= 15 is 0 Å². The molecule has 1 unspecified atom stereocenters. The highest BCUT2D eigenvalue weighted by Crippen LogP contribution is 2.44. The van der Waals surface area contributed by atoms with E-state index in [2.05, 4.69) is 20.8 Å². The first kappa shape index (κ1) is 16.4. The lowest BCUT2D eigenvalue weighted by molar-refractivity contribution is 0.0462. The van der Waals surface area contributed by atoms with Gasteiger partial charge in [-0.1, -0.05) is 31.1 Å². The van der Waals surface area contributed by atoms with Crippen LogP contribution in [0.1, 0.15) is 65.4 Å². The molecule has 1 atom stereocenters. The Labute approximate surface area is 139 Å². The van der Waals surface area contributed by atoms with Gasteiger partial charge in [0.1, 0.15) is 0 Å². The highest BCUT2D eigenvalue weighted by Gasteiger charge is 2.31. The van der Waals surface area contributed by atoms with Crippen LogP contribution in [0, 0.1) is 5.41 Å². The molecule has 1 heterocycles. The van der Waals surface area contributed by atoms with E-state index in [9.17, 15) is 5.11 Å². The number of aliphatic hydroxyl groups is 1. The normalized spacial score (nSPS) is 22.1. The average molecular weight is 316 g/mol. The van der Waals surface area contributed by atoms with Crippen LogP contribution >= 0.6 is 0 Å². The van der Waals surface area contributed by atoms with Crippen molar-refractivity contribution < 1.29 is 14.6 Å². The maximum absolute atomic E-state index is 11.0. The molecule has 1 N–H and O–H groups in total. The predicted molar refractivity (Wildman–Crippen MR) is 91.7 cm³/mol. The number of hydrogen-bond donors (Lipinski definition) is 1. The van der Waals surface area contributed by atoms with E-state index in [1.807, 2.05) is 25.1 Å². The lowest BCUT2D eigenvalue weighted by Crippen LogP contribution is -2.25. The lowest BCUT2D eigenvalue weighted by Gasteiger charge is -2.36. The minimum atomic E-state index is -0.859. The van der Waals surface area contributed by atoms with Gasteiger partial charge in [-0.2, -0.15) is 0 Å². The largest absolute Gasteiger partial charge is 0.454 e. The molecular formula is C20H28O3. The lowest BCUT2D eigenvalue weighted by atomic mass is 9.70. The summed E-state index contributed by atoms with van der Waals surface area (Å²) in [6, 6.07) is 5.75. The van der Waals surface area contributed by atoms with E-state index in [0.717, 1.165) is 29.9 Å². The van der Waals surface area contributed by atoms with Crippen LogP contribution in [-0.2, 0) is 5.60 Å². The minimum absolute atomic E-state index is 0.257. The van der Waals surface area contributed by atoms with Gasteiger partial charge in [-0.15, -0.1) is 0 Å². The quantitative estimate of drug-likeness (QED) is 0.800. The predicted octanol–water partition coefficient (Wildman–Crippen LogP) is 4.93. The molecule has 0 bridgehead atoms. The Bertz CT molecular complexity index is 626. The van der Waals surface area contributed by atoms with E-state index in [0.29, 0.717) is 0 Å². The summed E-state index contributed by atoms with van der Waals surface area (Å²) in [7, 11) is 0. The number of ether oxygens (including phenoxy) is 2. The zero-order valence-corrected chi connectivity index (χ0v) is 14.7. The summed E-state index contributed by atoms with van der Waals surface area (Å²) in [4.78, 5) is 0. The van der Waals surface area contributed by atoms with E-state index < -0.39 is 5.60 Å². The molecule has 1 aromatic carbocycles. The molecule has 0 saturated heterocycles. The van der Waals surface area contributed by atoms with E-state index in [1.54, 1.807) is 0 Å². The molecule has 3 heteroatoms. The zero-order chi connectivity index (χ0) is 16.7. The number of benzene rings is 1. The van der Waals surface area contributed by atoms with Crippen molar-refractivity contribution in [3.8, 4) is 11.5 Å². The molecule has 2 aliphatic rings. The van der Waals surface area contributed by atoms with E-state index in [4.69, 9.17) is 9.47 Å². The van der Waals surface area contributed by atoms with Gasteiger partial charge in [0.15, 0.2) is 11.5 Å². The Hall–Kier alpha value is -1.48. The smallest absolute Gasteiger partial charge is 0.231 e. The number of fused-ring (bicyclic) bond motifs is 1. The monoisotopic (exact) mass is 316 g/mol. The molecule has 0 fully saturated rings. The van der Waals surface area contributed by atoms with Crippen molar-refractivity contribution in [1.82, 2.24) is 0 Å². The summed E-state index contributed by atoms with van der Waals surface area (Å²) in [5.74, 6) is 1.49. The molecule has 0 amide bonds. The molecule has 126 valence electrons. The average Bonchev–Trinajstić information content (AvgIpc) is 2.93. The van der Waals surface area contributed by atoms with Crippen molar-refractivity contribution in [2.75, 3.05) is 6.79 Å². The second kappa shape index (κ2) is 5.86. The van der Waals surface area contributed by atoms with Gasteiger partial charge in [-0.3, -0.25) is 0 Å². The van der Waals surface area contributed by atoms with Gasteiger partial charge in [0.05, 0.1) is 5.60 Å². The van der Waals surface area contributed by atoms with Crippen LogP contribution in [0.3, 0.4) is 0 Å². The molecule has 0 spiro atoms. The summed E-state index contributed by atoms with van der Waals surface area (Å²) < 4.78 is 10.8. The van der Waals surface area contributed by atoms with Crippen molar-refractivity contribution in [2.45, 2.75) is 65.4 Å². The summed E-state index contributed by atoms with van der Waals surface area (Å²) in [5.41, 5.74) is 3.34. The number of allylic oxidation sites excluding steroid dienone is 2. The molecular weight excluding hydrogens is 288 g/mol. The van der Waals surface area contributed by atoms with Crippen molar-refractivity contribution in [2.24, 2.45) is 5.41 Å². The highest BCUT2D eigenvalue weighted by molar-refractivity contribution is 5.46. The zero-order valence-electron chi connectivity index (χ0n) is 14.7. The van der Waals surface area contributed by atoms with Crippen LogP contribution < -0.4 is 9.47 Å². The molecule has 3 rings (SSSR count). The summed E-state index contributed by atoms with van der Waals surface area (Å²) in [6.07, 6.45) is 5.39. The van der Waals surface area contributed by atoms with Gasteiger partial charge in [0.2, 0.25) is 6.79 Å². The van der Waals surface area contributed by atoms with Crippen molar-refractivity contribution in [3.05, 3.63) is 34.9 Å². The fourth-order valence-electron chi connectivity index (χ4n) is 3.97. The maximum atomic E-state index is 11.0. The first-order valence-electron chi connectivity index (χ1n) is 8.61. The molecule has 0 radical (unpaired) electrons. The van der Waals surface area contributed by atoms with Crippen LogP contribution in [0.5, 0.6) is 11.5 Å². The first-order chi connectivity index (χ1) is 10.8. The molecule has 23 heavy (non-hydrogen) atoms. The molecule has 3 nitrogen and oxygen atoms in total. The third-order valence-corrected chi connectivity index (χ3v) is 5.54. The fraction of sp³-hybridized carbons (Fsp3) is 0.600. The van der Waals surface area contributed by atoms with Gasteiger partial charge in [0, 0.05) is 0 Å². The van der Waals surface area contributed by atoms with Gasteiger partial charge >= 0.3 is 0 Å². The molecule has 0 saturated carbocycles. The standard InChI is InChI=1S/C20H28O3/c1-14-6-5-10-19(2,3)16(14)9-11-20(4,21)15-7-8-17-18(12-15)23-13-22-17/h7-8,12,21H,5-6,9-11,13H2,1-4H3. The molecule has 1 aliphatic heterocycles. The van der Waals surface area contributed by atoms with E-state index in [-0.39, 0.29) is 12.2 Å². The van der Waals surface area contributed by atoms with Crippen molar-refractivity contribution >= 4 is 0 Å². The summed E-state index contributed by atoms with van der Waals surface area (Å²) >= 11 is 0. The maximum Gasteiger partial charge on any atom is 0.231 e. The van der Waals surface area contributed by atoms with Crippen LogP contribution in [0.2, 0.25) is 0 Å². The Balaban J connectivity index is 1.76. The van der Waals surface area contributed by atoms with Crippen LogP contribution in [0.15, 0.2) is 29.3 Å². The second-order valence-corrected chi connectivity index (χ2v) is 7.84. The highest BCUT2D eigenvalue weighted by atomic mass is 16.7. The molecule has 1 aromatic rings. The van der Waals surface area contributed by atoms with Crippen LogP contribution in [0.25, 0.3) is 0 Å². The first-order valence-corrected chi connectivity index (χ1v) is 8.61. The van der Waals surface area contributed by atoms with Gasteiger partial charge in [0.25, 0.3) is 0 Å². The summed E-state index contributed by atoms with van der Waals surface area (Å²) in [5, 5.41) is 11.0. The van der Waals surface area contributed by atoms with Crippen LogP contribution in [0.4, 0.5) is 0 Å². The SMILES string of the molecule is CC1=C(CCC(C)(O)c2ccc3c(c2)OCO3)C(C)(C)CCC1. The van der Waals surface area contributed by atoms with Crippen LogP contribution in [-0.4, -0.2) is 11.9 Å². The summed E-state index contributed by atoms with van der Waals surface area (Å²) in [6.45, 7) is 9.09. The third-order valence-electron chi connectivity index (χ3n) is 5.54. The Kier molecular flexibility index (Phi) is 4.18. The minimum Gasteiger partial charge on any atom is -0.454 e. The van der Waals surface area contributed by atoms with Crippen molar-refractivity contribution in [1.29, 1.82) is 0 Å². The fourth-order valence-corrected chi connectivity index (χ4v) is 3.97. The Morgan fingerprint density at radius 2 is 1.96 bits per heavy atom. The number of rotatable bonds is 4. The van der Waals surface area contributed by atoms with Crippen molar-refractivity contribution in [3.63, 3.8) is 0 Å².